The zero-order valence-corrected chi connectivity index (χ0v) is 14.4. The molecule has 1 N–H and O–H groups in total. The van der Waals surface area contributed by atoms with Crippen molar-refractivity contribution in [2.24, 2.45) is 10.4 Å². The van der Waals surface area contributed by atoms with E-state index >= 15 is 0 Å². The molecule has 2 rings (SSSR count). The van der Waals surface area contributed by atoms with Crippen LogP contribution in [0.2, 0.25) is 10.0 Å². The van der Waals surface area contributed by atoms with Gasteiger partial charge in [0.2, 0.25) is 0 Å². The highest BCUT2D eigenvalue weighted by Gasteiger charge is 2.30. The van der Waals surface area contributed by atoms with Gasteiger partial charge in [0, 0.05) is 17.3 Å². The van der Waals surface area contributed by atoms with Crippen LogP contribution in [0.4, 0.5) is 5.69 Å². The molecule has 1 aromatic rings. The van der Waals surface area contributed by atoms with Gasteiger partial charge in [-0.2, -0.15) is 0 Å². The number of nitrogens with zero attached hydrogens (tertiary/aromatic N) is 1. The highest BCUT2D eigenvalue weighted by Crippen LogP contribution is 2.36. The molecule has 0 spiro atoms. The Balaban J connectivity index is 2.13. The van der Waals surface area contributed by atoms with E-state index in [2.05, 4.69) is 24.2 Å². The summed E-state index contributed by atoms with van der Waals surface area (Å²) >= 11 is 14.2. The van der Waals surface area contributed by atoms with Crippen molar-refractivity contribution in [1.29, 1.82) is 0 Å². The predicted octanol–water partition coefficient (Wildman–Crippen LogP) is 5.62. The average Bonchev–Trinajstić information content (AvgIpc) is 2.46. The van der Waals surface area contributed by atoms with Crippen molar-refractivity contribution in [2.45, 2.75) is 33.6 Å². The number of amidine groups is 1. The van der Waals surface area contributed by atoms with Gasteiger partial charge >= 0.3 is 0 Å². The van der Waals surface area contributed by atoms with Gasteiger partial charge in [-0.25, -0.2) is 0 Å². The lowest BCUT2D eigenvalue weighted by molar-refractivity contribution is 0.318. The molecule has 0 aromatic heterocycles. The fourth-order valence-corrected chi connectivity index (χ4v) is 3.87. The minimum Gasteiger partial charge on any atom is -0.334 e. The van der Waals surface area contributed by atoms with Crippen LogP contribution in [0.5, 0.6) is 0 Å². The van der Waals surface area contributed by atoms with Crippen LogP contribution in [0, 0.1) is 12.3 Å². The van der Waals surface area contributed by atoms with Crippen LogP contribution in [-0.2, 0) is 0 Å². The summed E-state index contributed by atoms with van der Waals surface area (Å²) < 4.78 is 0. The van der Waals surface area contributed by atoms with E-state index in [1.807, 2.05) is 19.1 Å². The molecular formula is C15H20Cl2N2S. The maximum atomic E-state index is 6.25. The summed E-state index contributed by atoms with van der Waals surface area (Å²) in [7, 11) is 0. The first-order chi connectivity index (χ1) is 9.49. The number of aryl methyl sites for hydroxylation is 1. The lowest BCUT2D eigenvalue weighted by Crippen LogP contribution is -2.32. The molecule has 1 aliphatic heterocycles. The molecule has 1 heterocycles. The number of hydrogen-bond donors (Lipinski definition) is 1. The molecule has 0 radical (unpaired) electrons. The van der Waals surface area contributed by atoms with E-state index in [1.54, 1.807) is 11.8 Å². The third-order valence-electron chi connectivity index (χ3n) is 4.06. The van der Waals surface area contributed by atoms with Crippen molar-refractivity contribution in [3.63, 3.8) is 0 Å². The molecule has 0 unspecified atom stereocenters. The topological polar surface area (TPSA) is 24.4 Å². The van der Waals surface area contributed by atoms with Crippen molar-refractivity contribution >= 4 is 45.8 Å². The van der Waals surface area contributed by atoms with E-state index in [1.165, 1.54) is 12.8 Å². The van der Waals surface area contributed by atoms with Crippen LogP contribution >= 0.6 is 35.0 Å². The second kappa shape index (κ2) is 6.59. The number of benzene rings is 1. The van der Waals surface area contributed by atoms with Gasteiger partial charge in [0.1, 0.15) is 0 Å². The molecule has 0 bridgehead atoms. The minimum absolute atomic E-state index is 0.352. The fraction of sp³-hybridized carbons (Fsp3) is 0.533. The highest BCUT2D eigenvalue weighted by molar-refractivity contribution is 8.14. The quantitative estimate of drug-likeness (QED) is 0.777. The van der Waals surface area contributed by atoms with Gasteiger partial charge < -0.3 is 5.32 Å². The normalized spacial score (nSPS) is 17.8. The first-order valence-electron chi connectivity index (χ1n) is 6.89. The lowest BCUT2D eigenvalue weighted by atomic mass is 9.84. The van der Waals surface area contributed by atoms with Crippen LogP contribution in [0.25, 0.3) is 0 Å². The second-order valence-electron chi connectivity index (χ2n) is 5.32. The smallest absolute Gasteiger partial charge is 0.161 e. The highest BCUT2D eigenvalue weighted by atomic mass is 35.5. The number of thioether (sulfide) groups is 1. The molecule has 0 fully saturated rings. The van der Waals surface area contributed by atoms with Crippen LogP contribution in [0.15, 0.2) is 17.1 Å². The molecule has 0 atom stereocenters. The van der Waals surface area contributed by atoms with Crippen molar-refractivity contribution in [1.82, 2.24) is 0 Å². The van der Waals surface area contributed by atoms with Crippen LogP contribution in [-0.4, -0.2) is 17.5 Å². The van der Waals surface area contributed by atoms with E-state index in [4.69, 9.17) is 23.2 Å². The predicted molar refractivity (Wildman–Crippen MR) is 92.6 cm³/mol. The number of halogens is 2. The van der Waals surface area contributed by atoms with Gasteiger partial charge in [0.15, 0.2) is 5.17 Å². The van der Waals surface area contributed by atoms with Crippen molar-refractivity contribution < 1.29 is 0 Å². The van der Waals surface area contributed by atoms with E-state index < -0.39 is 0 Å². The SMILES string of the molecule is CCC1(CC)CN=C(Nc2cc(Cl)c(C)cc2Cl)SC1. The summed E-state index contributed by atoms with van der Waals surface area (Å²) in [5.41, 5.74) is 2.16. The number of nitrogens with one attached hydrogen (secondary N) is 1. The Morgan fingerprint density at radius 3 is 2.50 bits per heavy atom. The number of aliphatic imine (C=N–C) groups is 1. The summed E-state index contributed by atoms with van der Waals surface area (Å²) in [4.78, 5) is 4.68. The third kappa shape index (κ3) is 3.44. The van der Waals surface area contributed by atoms with Crippen molar-refractivity contribution in [3.05, 3.63) is 27.7 Å². The maximum absolute atomic E-state index is 6.25. The summed E-state index contributed by atoms with van der Waals surface area (Å²) in [6, 6.07) is 3.74. The van der Waals surface area contributed by atoms with E-state index in [-0.39, 0.29) is 0 Å². The largest absolute Gasteiger partial charge is 0.334 e. The van der Waals surface area contributed by atoms with E-state index in [9.17, 15) is 0 Å². The first-order valence-corrected chi connectivity index (χ1v) is 8.64. The van der Waals surface area contributed by atoms with Crippen molar-refractivity contribution in [3.8, 4) is 0 Å². The molecule has 1 aromatic carbocycles. The van der Waals surface area contributed by atoms with Gasteiger partial charge in [0.25, 0.3) is 0 Å². The molecule has 0 aliphatic carbocycles. The average molecular weight is 331 g/mol. The van der Waals surface area contributed by atoms with Crippen LogP contribution in [0.3, 0.4) is 0 Å². The van der Waals surface area contributed by atoms with E-state index in [0.29, 0.717) is 10.4 Å². The number of anilines is 1. The van der Waals surface area contributed by atoms with Gasteiger partial charge in [-0.15, -0.1) is 0 Å². The molecule has 1 aliphatic rings. The summed E-state index contributed by atoms with van der Waals surface area (Å²) in [5.74, 6) is 1.10. The molecule has 0 saturated carbocycles. The van der Waals surface area contributed by atoms with Gasteiger partial charge in [0.05, 0.1) is 10.7 Å². The summed E-state index contributed by atoms with van der Waals surface area (Å²) in [5, 5.41) is 5.63. The third-order valence-corrected chi connectivity index (χ3v) is 6.04. The Morgan fingerprint density at radius 1 is 1.25 bits per heavy atom. The van der Waals surface area contributed by atoms with Gasteiger partial charge in [-0.05, 0) is 42.9 Å². The molecule has 2 nitrogen and oxygen atoms in total. The Morgan fingerprint density at radius 2 is 1.95 bits per heavy atom. The Labute approximate surface area is 135 Å². The molecule has 20 heavy (non-hydrogen) atoms. The van der Waals surface area contributed by atoms with Crippen LogP contribution < -0.4 is 5.32 Å². The number of hydrogen-bond acceptors (Lipinski definition) is 3. The first kappa shape index (κ1) is 16.0. The molecule has 0 saturated heterocycles. The van der Waals surface area contributed by atoms with Gasteiger partial charge in [-0.3, -0.25) is 4.99 Å². The number of rotatable bonds is 3. The monoisotopic (exact) mass is 330 g/mol. The Bertz CT molecular complexity index is 525. The van der Waals surface area contributed by atoms with Crippen molar-refractivity contribution in [2.75, 3.05) is 17.6 Å². The van der Waals surface area contributed by atoms with Crippen LogP contribution in [0.1, 0.15) is 32.3 Å². The standard InChI is InChI=1S/C15H20Cl2N2S/c1-4-15(5-2)8-18-14(20-9-15)19-13-7-11(16)10(3)6-12(13)17/h6-7H,4-5,8-9H2,1-3H3,(H,18,19). The van der Waals surface area contributed by atoms with Gasteiger partial charge in [-0.1, -0.05) is 48.8 Å². The molecule has 110 valence electrons. The molecular weight excluding hydrogens is 311 g/mol. The summed E-state index contributed by atoms with van der Waals surface area (Å²) in [6.07, 6.45) is 2.34. The second-order valence-corrected chi connectivity index (χ2v) is 7.10. The Kier molecular flexibility index (Phi) is 5.27. The maximum Gasteiger partial charge on any atom is 0.161 e. The molecule has 5 heteroatoms. The van der Waals surface area contributed by atoms with E-state index in [0.717, 1.165) is 33.7 Å². The minimum atomic E-state index is 0.352. The fourth-order valence-electron chi connectivity index (χ4n) is 2.16. The zero-order valence-electron chi connectivity index (χ0n) is 12.1. The molecule has 0 amide bonds. The summed E-state index contributed by atoms with van der Waals surface area (Å²) in [6.45, 7) is 7.32. The Hall–Kier alpha value is -0.380. The lowest BCUT2D eigenvalue weighted by Gasteiger charge is -2.33. The zero-order chi connectivity index (χ0) is 14.8.